The van der Waals surface area contributed by atoms with Crippen molar-refractivity contribution in [2.45, 2.75) is 19.0 Å². The van der Waals surface area contributed by atoms with E-state index in [1.807, 2.05) is 60.7 Å². The number of hydrogen-bond donors (Lipinski definition) is 1. The van der Waals surface area contributed by atoms with E-state index >= 15 is 0 Å². The maximum Gasteiger partial charge on any atom is 0.274 e. The van der Waals surface area contributed by atoms with Gasteiger partial charge >= 0.3 is 0 Å². The van der Waals surface area contributed by atoms with E-state index in [1.165, 1.54) is 4.68 Å². The first-order valence-corrected chi connectivity index (χ1v) is 10.3. The Kier molecular flexibility index (Phi) is 4.96. The summed E-state index contributed by atoms with van der Waals surface area (Å²) in [6.07, 6.45) is 0.671. The van der Waals surface area contributed by atoms with Crippen molar-refractivity contribution >= 4 is 16.7 Å². The van der Waals surface area contributed by atoms with Gasteiger partial charge in [-0.15, -0.1) is 0 Å². The van der Waals surface area contributed by atoms with E-state index in [9.17, 15) is 9.59 Å². The number of carbonyl (C=O) groups is 1. The molecule has 1 N–H and O–H groups in total. The molecule has 0 spiro atoms. The van der Waals surface area contributed by atoms with Gasteiger partial charge in [0.25, 0.3) is 11.5 Å². The average molecular weight is 411 g/mol. The summed E-state index contributed by atoms with van der Waals surface area (Å²) >= 11 is 0. The van der Waals surface area contributed by atoms with Crippen molar-refractivity contribution in [3.8, 4) is 5.75 Å². The molecule has 1 atom stereocenters. The molecule has 1 aliphatic rings. The van der Waals surface area contributed by atoms with Gasteiger partial charge in [-0.3, -0.25) is 9.59 Å². The lowest BCUT2D eigenvalue weighted by Gasteiger charge is -2.26. The Balaban J connectivity index is 1.54. The Morgan fingerprint density at radius 3 is 2.52 bits per heavy atom. The number of rotatable bonds is 4. The van der Waals surface area contributed by atoms with Crippen LogP contribution in [0.5, 0.6) is 5.75 Å². The van der Waals surface area contributed by atoms with Crippen LogP contribution in [0, 0.1) is 0 Å². The second kappa shape index (κ2) is 8.07. The third-order valence-corrected chi connectivity index (χ3v) is 5.52. The van der Waals surface area contributed by atoms with E-state index in [4.69, 9.17) is 4.74 Å². The minimum atomic E-state index is -0.306. The highest BCUT2D eigenvalue weighted by Crippen LogP contribution is 2.31. The zero-order chi connectivity index (χ0) is 21.2. The van der Waals surface area contributed by atoms with E-state index in [0.717, 1.165) is 16.9 Å². The number of amides is 1. The van der Waals surface area contributed by atoms with Crippen LogP contribution in [0.2, 0.25) is 0 Å². The second-order valence-corrected chi connectivity index (χ2v) is 7.54. The van der Waals surface area contributed by atoms with Crippen LogP contribution in [0.25, 0.3) is 10.8 Å². The van der Waals surface area contributed by atoms with Gasteiger partial charge in [0.1, 0.15) is 5.75 Å². The summed E-state index contributed by atoms with van der Waals surface area (Å²) in [7, 11) is 0. The standard InChI is InChI=1S/C25H21N3O3/c29-24(26-21-14-15-31-22-13-7-6-12-20(21)22)23-18-10-4-5-11-19(18)25(30)28(27-23)16-17-8-2-1-3-9-17/h1-13,21H,14-16H2,(H,26,29)/t21-/m1/s1. The molecule has 1 amide bonds. The van der Waals surface area contributed by atoms with Crippen LogP contribution < -0.4 is 15.6 Å². The van der Waals surface area contributed by atoms with Crippen molar-refractivity contribution in [3.63, 3.8) is 0 Å². The summed E-state index contributed by atoms with van der Waals surface area (Å²) in [5.74, 6) is 0.477. The molecule has 154 valence electrons. The predicted octanol–water partition coefficient (Wildman–Crippen LogP) is 3.70. The van der Waals surface area contributed by atoms with Gasteiger partial charge in [0, 0.05) is 17.4 Å². The summed E-state index contributed by atoms with van der Waals surface area (Å²) in [4.78, 5) is 26.3. The van der Waals surface area contributed by atoms with Crippen LogP contribution in [-0.2, 0) is 6.54 Å². The molecule has 0 fully saturated rings. The fourth-order valence-electron chi connectivity index (χ4n) is 3.98. The first-order chi connectivity index (χ1) is 15.2. The summed E-state index contributed by atoms with van der Waals surface area (Å²) in [6.45, 7) is 0.828. The van der Waals surface area contributed by atoms with Gasteiger partial charge in [-0.2, -0.15) is 5.10 Å². The van der Waals surface area contributed by atoms with E-state index in [2.05, 4.69) is 10.4 Å². The first kappa shape index (κ1) is 19.1. The molecule has 1 aliphatic heterocycles. The van der Waals surface area contributed by atoms with Crippen LogP contribution in [0.1, 0.15) is 34.1 Å². The zero-order valence-electron chi connectivity index (χ0n) is 16.8. The third kappa shape index (κ3) is 3.68. The number of fused-ring (bicyclic) bond motifs is 2. The predicted molar refractivity (Wildman–Crippen MR) is 118 cm³/mol. The number of ether oxygens (including phenoxy) is 1. The molecule has 5 rings (SSSR count). The number of benzene rings is 3. The number of para-hydroxylation sites is 1. The third-order valence-electron chi connectivity index (χ3n) is 5.52. The second-order valence-electron chi connectivity index (χ2n) is 7.54. The number of carbonyl (C=O) groups excluding carboxylic acids is 1. The van der Waals surface area contributed by atoms with Crippen molar-refractivity contribution in [2.75, 3.05) is 6.61 Å². The molecule has 0 saturated heterocycles. The van der Waals surface area contributed by atoms with Crippen molar-refractivity contribution in [2.24, 2.45) is 0 Å². The summed E-state index contributed by atoms with van der Waals surface area (Å²) < 4.78 is 7.07. The van der Waals surface area contributed by atoms with Crippen molar-refractivity contribution in [1.29, 1.82) is 0 Å². The van der Waals surface area contributed by atoms with Gasteiger partial charge in [0.15, 0.2) is 5.69 Å². The Bertz CT molecular complexity index is 1310. The van der Waals surface area contributed by atoms with E-state index in [1.54, 1.807) is 18.2 Å². The highest BCUT2D eigenvalue weighted by atomic mass is 16.5. The first-order valence-electron chi connectivity index (χ1n) is 10.3. The molecule has 2 heterocycles. The molecule has 0 saturated carbocycles. The lowest BCUT2D eigenvalue weighted by molar-refractivity contribution is 0.0919. The molecule has 0 unspecified atom stereocenters. The molecule has 1 aromatic heterocycles. The monoisotopic (exact) mass is 411 g/mol. The minimum Gasteiger partial charge on any atom is -0.493 e. The normalized spacial score (nSPS) is 15.2. The van der Waals surface area contributed by atoms with Gasteiger partial charge in [-0.25, -0.2) is 4.68 Å². The van der Waals surface area contributed by atoms with Gasteiger partial charge in [-0.1, -0.05) is 66.7 Å². The fourth-order valence-corrected chi connectivity index (χ4v) is 3.98. The molecule has 0 bridgehead atoms. The van der Waals surface area contributed by atoms with Crippen molar-refractivity contribution in [1.82, 2.24) is 15.1 Å². The lowest BCUT2D eigenvalue weighted by Crippen LogP contribution is -2.35. The number of nitrogens with one attached hydrogen (secondary N) is 1. The van der Waals surface area contributed by atoms with Crippen LogP contribution in [0.3, 0.4) is 0 Å². The SMILES string of the molecule is O=C(N[C@@H]1CCOc2ccccc21)c1nn(Cc2ccccc2)c(=O)c2ccccc12. The number of nitrogens with zero attached hydrogens (tertiary/aromatic N) is 2. The Hall–Kier alpha value is -3.93. The van der Waals surface area contributed by atoms with Crippen molar-refractivity contribution < 1.29 is 9.53 Å². The Morgan fingerprint density at radius 2 is 1.68 bits per heavy atom. The molecule has 0 radical (unpaired) electrons. The highest BCUT2D eigenvalue weighted by molar-refractivity contribution is 6.04. The molecule has 31 heavy (non-hydrogen) atoms. The Morgan fingerprint density at radius 1 is 0.968 bits per heavy atom. The van der Waals surface area contributed by atoms with E-state index in [-0.39, 0.29) is 23.2 Å². The minimum absolute atomic E-state index is 0.174. The lowest BCUT2D eigenvalue weighted by atomic mass is 10.00. The molecule has 6 nitrogen and oxygen atoms in total. The van der Waals surface area contributed by atoms with Crippen molar-refractivity contribution in [3.05, 3.63) is 106 Å². The van der Waals surface area contributed by atoms with Crippen LogP contribution in [-0.4, -0.2) is 22.3 Å². The summed E-state index contributed by atoms with van der Waals surface area (Å²) in [6, 6.07) is 24.3. The summed E-state index contributed by atoms with van der Waals surface area (Å²) in [5, 5.41) is 8.60. The molecule has 6 heteroatoms. The maximum atomic E-state index is 13.3. The van der Waals surface area contributed by atoms with Crippen LogP contribution in [0.4, 0.5) is 0 Å². The molecule has 3 aromatic carbocycles. The fraction of sp³-hybridized carbons (Fsp3) is 0.160. The maximum absolute atomic E-state index is 13.3. The smallest absolute Gasteiger partial charge is 0.274 e. The largest absolute Gasteiger partial charge is 0.493 e. The highest BCUT2D eigenvalue weighted by Gasteiger charge is 2.25. The molecule has 4 aromatic rings. The van der Waals surface area contributed by atoms with E-state index in [0.29, 0.717) is 30.3 Å². The topological polar surface area (TPSA) is 73.2 Å². The van der Waals surface area contributed by atoms with Gasteiger partial charge < -0.3 is 10.1 Å². The Labute approximate surface area is 179 Å². The zero-order valence-corrected chi connectivity index (χ0v) is 16.8. The van der Waals surface area contributed by atoms with Crippen LogP contribution >= 0.6 is 0 Å². The van der Waals surface area contributed by atoms with E-state index < -0.39 is 0 Å². The average Bonchev–Trinajstić information content (AvgIpc) is 2.82. The number of aromatic nitrogens is 2. The molecule has 0 aliphatic carbocycles. The quantitative estimate of drug-likeness (QED) is 0.556. The van der Waals surface area contributed by atoms with Crippen LogP contribution in [0.15, 0.2) is 83.7 Å². The molecular formula is C25H21N3O3. The number of hydrogen-bond acceptors (Lipinski definition) is 4. The van der Waals surface area contributed by atoms with Gasteiger partial charge in [0.2, 0.25) is 0 Å². The molecular weight excluding hydrogens is 390 g/mol. The van der Waals surface area contributed by atoms with Gasteiger partial charge in [-0.05, 0) is 17.7 Å². The summed E-state index contributed by atoms with van der Waals surface area (Å²) in [5.41, 5.74) is 1.92. The van der Waals surface area contributed by atoms with Gasteiger partial charge in [0.05, 0.1) is 24.6 Å².